The lowest BCUT2D eigenvalue weighted by atomic mass is 10.2. The number of hydrogen-bond acceptors (Lipinski definition) is 3. The van der Waals surface area contributed by atoms with Crippen LogP contribution in [0.25, 0.3) is 0 Å². The Hall–Kier alpha value is -1.14. The molecule has 84 valence electrons. The largest absolute Gasteiger partial charge is 0.319 e. The van der Waals surface area contributed by atoms with Crippen LogP contribution in [0.3, 0.4) is 0 Å². The van der Waals surface area contributed by atoms with E-state index in [1.807, 2.05) is 19.2 Å². The van der Waals surface area contributed by atoms with Gasteiger partial charge in [0.1, 0.15) is 0 Å². The maximum Gasteiger partial charge on any atom is 0.256 e. The lowest BCUT2D eigenvalue weighted by Gasteiger charge is -2.02. The molecule has 0 spiro atoms. The maximum absolute atomic E-state index is 11.9. The maximum atomic E-state index is 11.9. The molecule has 0 fully saturated rings. The second-order valence-electron chi connectivity index (χ2n) is 3.40. The number of aryl methyl sites for hydroxylation is 2. The molecule has 0 saturated heterocycles. The van der Waals surface area contributed by atoms with E-state index in [1.54, 1.807) is 6.07 Å². The van der Waals surface area contributed by atoms with Crippen LogP contribution in [0.4, 0.5) is 5.69 Å². The van der Waals surface area contributed by atoms with Gasteiger partial charge in [0.2, 0.25) is 0 Å². The van der Waals surface area contributed by atoms with E-state index in [0.29, 0.717) is 5.56 Å². The summed E-state index contributed by atoms with van der Waals surface area (Å²) in [6.07, 6.45) is 0. The molecule has 1 amide bonds. The van der Waals surface area contributed by atoms with Crippen LogP contribution in [0.1, 0.15) is 21.7 Å². The van der Waals surface area contributed by atoms with Crippen LogP contribution in [-0.2, 0) is 0 Å². The fourth-order valence-corrected chi connectivity index (χ4v) is 2.49. The molecule has 0 aliphatic heterocycles. The first-order valence-electron chi connectivity index (χ1n) is 4.65. The number of carbonyl (C=O) groups is 1. The van der Waals surface area contributed by atoms with Gasteiger partial charge in [-0.05, 0) is 35.8 Å². The van der Waals surface area contributed by atoms with Gasteiger partial charge in [0.25, 0.3) is 5.91 Å². The summed E-state index contributed by atoms with van der Waals surface area (Å²) in [4.78, 5) is 11.9. The quantitative estimate of drug-likeness (QED) is 0.895. The van der Waals surface area contributed by atoms with Crippen molar-refractivity contribution in [2.75, 3.05) is 5.32 Å². The summed E-state index contributed by atoms with van der Waals surface area (Å²) in [5.74, 6) is -0.116. The van der Waals surface area contributed by atoms with Gasteiger partial charge in [-0.2, -0.15) is 5.10 Å². The normalized spacial score (nSPS) is 10.4. The Balaban J connectivity index is 2.20. The number of anilines is 1. The Morgan fingerprint density at radius 2 is 2.31 bits per heavy atom. The van der Waals surface area contributed by atoms with Crippen LogP contribution in [0.15, 0.2) is 15.2 Å². The second kappa shape index (κ2) is 4.39. The highest BCUT2D eigenvalue weighted by Crippen LogP contribution is 2.22. The van der Waals surface area contributed by atoms with Crippen molar-refractivity contribution in [1.29, 1.82) is 0 Å². The number of nitrogens with one attached hydrogen (secondary N) is 2. The monoisotopic (exact) mass is 299 g/mol. The van der Waals surface area contributed by atoms with Gasteiger partial charge in [0.15, 0.2) is 0 Å². The third kappa shape index (κ3) is 2.17. The van der Waals surface area contributed by atoms with Crippen LogP contribution in [0.2, 0.25) is 0 Å². The number of amides is 1. The molecule has 2 heterocycles. The second-order valence-corrected chi connectivity index (χ2v) is 5.69. The van der Waals surface area contributed by atoms with E-state index in [4.69, 9.17) is 0 Å². The number of halogens is 1. The molecule has 0 bridgehead atoms. The number of carbonyl (C=O) groups excluding carboxylic acids is 1. The van der Waals surface area contributed by atoms with Gasteiger partial charge in [-0.15, -0.1) is 11.3 Å². The predicted octanol–water partition coefficient (Wildman–Crippen LogP) is 3.10. The zero-order valence-corrected chi connectivity index (χ0v) is 11.2. The molecular formula is C10H10BrN3OS. The molecule has 16 heavy (non-hydrogen) atoms. The molecule has 2 N–H and O–H groups in total. The smallest absolute Gasteiger partial charge is 0.256 e. The summed E-state index contributed by atoms with van der Waals surface area (Å²) in [6.45, 7) is 3.72. The first-order chi connectivity index (χ1) is 7.58. The highest BCUT2D eigenvalue weighted by Gasteiger charge is 2.12. The Bertz CT molecular complexity index is 512. The minimum Gasteiger partial charge on any atom is -0.319 e. The van der Waals surface area contributed by atoms with Crippen molar-refractivity contribution in [3.05, 3.63) is 32.2 Å². The van der Waals surface area contributed by atoms with Crippen molar-refractivity contribution in [2.45, 2.75) is 13.8 Å². The predicted molar refractivity (Wildman–Crippen MR) is 68.0 cm³/mol. The van der Waals surface area contributed by atoms with Gasteiger partial charge in [0, 0.05) is 5.38 Å². The summed E-state index contributed by atoms with van der Waals surface area (Å²) >= 11 is 4.81. The van der Waals surface area contributed by atoms with Crippen LogP contribution in [-0.4, -0.2) is 16.1 Å². The SMILES string of the molecule is Cc1n[nH]c(C)c1NC(=O)c1csc(Br)c1. The van der Waals surface area contributed by atoms with Gasteiger partial charge in [-0.3, -0.25) is 9.89 Å². The van der Waals surface area contributed by atoms with Gasteiger partial charge < -0.3 is 5.32 Å². The molecule has 2 aromatic heterocycles. The molecule has 0 aliphatic rings. The molecule has 6 heteroatoms. The van der Waals surface area contributed by atoms with E-state index < -0.39 is 0 Å². The Labute approximate surface area is 105 Å². The summed E-state index contributed by atoms with van der Waals surface area (Å²) in [6, 6.07) is 1.80. The van der Waals surface area contributed by atoms with E-state index >= 15 is 0 Å². The molecule has 0 unspecified atom stereocenters. The standard InChI is InChI=1S/C10H10BrN3OS/c1-5-9(6(2)14-13-5)12-10(15)7-3-8(11)16-4-7/h3-4H,1-2H3,(H,12,15)(H,13,14). The zero-order chi connectivity index (χ0) is 11.7. The summed E-state index contributed by atoms with van der Waals surface area (Å²) in [5.41, 5.74) is 3.06. The average Bonchev–Trinajstić information content (AvgIpc) is 2.79. The molecular weight excluding hydrogens is 290 g/mol. The minimum absolute atomic E-state index is 0.116. The Morgan fingerprint density at radius 3 is 2.81 bits per heavy atom. The van der Waals surface area contributed by atoms with Crippen molar-refractivity contribution in [2.24, 2.45) is 0 Å². The Morgan fingerprint density at radius 1 is 1.56 bits per heavy atom. The van der Waals surface area contributed by atoms with Crippen molar-refractivity contribution in [3.63, 3.8) is 0 Å². The summed E-state index contributed by atoms with van der Waals surface area (Å²) in [7, 11) is 0. The lowest BCUT2D eigenvalue weighted by molar-refractivity contribution is 0.102. The number of hydrogen-bond donors (Lipinski definition) is 2. The fourth-order valence-electron chi connectivity index (χ4n) is 1.35. The average molecular weight is 300 g/mol. The van der Waals surface area contributed by atoms with Crippen LogP contribution in [0.5, 0.6) is 0 Å². The molecule has 4 nitrogen and oxygen atoms in total. The number of H-pyrrole nitrogens is 1. The molecule has 0 atom stereocenters. The van der Waals surface area contributed by atoms with Crippen molar-refractivity contribution >= 4 is 38.9 Å². The molecule has 0 radical (unpaired) electrons. The highest BCUT2D eigenvalue weighted by atomic mass is 79.9. The van der Waals surface area contributed by atoms with E-state index in [2.05, 4.69) is 31.4 Å². The zero-order valence-electron chi connectivity index (χ0n) is 8.80. The minimum atomic E-state index is -0.116. The molecule has 0 saturated carbocycles. The van der Waals surface area contributed by atoms with Gasteiger partial charge in [-0.1, -0.05) is 0 Å². The number of thiophene rings is 1. The fraction of sp³-hybridized carbons (Fsp3) is 0.200. The number of nitrogens with zero attached hydrogens (tertiary/aromatic N) is 1. The molecule has 2 aromatic rings. The summed E-state index contributed by atoms with van der Waals surface area (Å²) in [5, 5.41) is 11.5. The highest BCUT2D eigenvalue weighted by molar-refractivity contribution is 9.11. The van der Waals surface area contributed by atoms with E-state index in [0.717, 1.165) is 20.9 Å². The van der Waals surface area contributed by atoms with Crippen LogP contribution in [0, 0.1) is 13.8 Å². The van der Waals surface area contributed by atoms with Crippen LogP contribution < -0.4 is 5.32 Å². The van der Waals surface area contributed by atoms with Crippen LogP contribution >= 0.6 is 27.3 Å². The first kappa shape index (κ1) is 11.3. The summed E-state index contributed by atoms with van der Waals surface area (Å²) < 4.78 is 0.943. The lowest BCUT2D eigenvalue weighted by Crippen LogP contribution is -2.11. The molecule has 2 rings (SSSR count). The number of aromatic nitrogens is 2. The van der Waals surface area contributed by atoms with Crippen molar-refractivity contribution < 1.29 is 4.79 Å². The Kier molecular flexibility index (Phi) is 3.11. The topological polar surface area (TPSA) is 57.8 Å². The molecule has 0 aromatic carbocycles. The molecule has 0 aliphatic carbocycles. The number of aromatic amines is 1. The third-order valence-electron chi connectivity index (χ3n) is 2.20. The van der Waals surface area contributed by atoms with Crippen molar-refractivity contribution in [1.82, 2.24) is 10.2 Å². The van der Waals surface area contributed by atoms with Gasteiger partial charge in [-0.25, -0.2) is 0 Å². The van der Waals surface area contributed by atoms with E-state index in [1.165, 1.54) is 11.3 Å². The van der Waals surface area contributed by atoms with Gasteiger partial charge >= 0.3 is 0 Å². The number of rotatable bonds is 2. The van der Waals surface area contributed by atoms with Gasteiger partial charge in [0.05, 0.1) is 26.4 Å². The van der Waals surface area contributed by atoms with E-state index in [9.17, 15) is 4.79 Å². The third-order valence-corrected chi connectivity index (χ3v) is 3.70. The van der Waals surface area contributed by atoms with Crippen molar-refractivity contribution in [3.8, 4) is 0 Å². The first-order valence-corrected chi connectivity index (χ1v) is 6.32. The van der Waals surface area contributed by atoms with E-state index in [-0.39, 0.29) is 5.91 Å².